The Morgan fingerprint density at radius 2 is 0.961 bits per heavy atom. The minimum Gasteiger partial charge on any atom is -0.494 e. The fourth-order valence-electron chi connectivity index (χ4n) is 6.52. The van der Waals surface area contributed by atoms with Crippen LogP contribution in [0.15, 0.2) is 163 Å². The molecular weight excluding hydrogens is 993 g/mol. The summed E-state index contributed by atoms with van der Waals surface area (Å²) < 4.78 is 32.9. The van der Waals surface area contributed by atoms with Gasteiger partial charge in [-0.15, -0.1) is 15.3 Å². The van der Waals surface area contributed by atoms with Gasteiger partial charge in [0.1, 0.15) is 55.0 Å². The van der Waals surface area contributed by atoms with E-state index in [0.717, 1.165) is 6.07 Å². The van der Waals surface area contributed by atoms with Crippen LogP contribution in [0.5, 0.6) is 17.2 Å². The number of azo groups is 2. The van der Waals surface area contributed by atoms with Crippen LogP contribution in [0.1, 0.15) is 0 Å². The molecule has 26 nitrogen and oxygen atoms in total. The average molecular weight is 1030 g/mol. The molecule has 0 saturated carbocycles. The highest BCUT2D eigenvalue weighted by Crippen LogP contribution is 2.42. The van der Waals surface area contributed by atoms with E-state index in [1.54, 1.807) is 77.7 Å². The summed E-state index contributed by atoms with van der Waals surface area (Å²) in [6.45, 7) is -0.412. The Balaban J connectivity index is 1.11. The highest BCUT2D eigenvalue weighted by atomic mass is 16.6. The van der Waals surface area contributed by atoms with E-state index in [2.05, 4.69) is 51.4 Å². The number of nitrogens with one attached hydrogen (secondary N) is 3. The first-order chi connectivity index (χ1) is 37.0. The summed E-state index contributed by atoms with van der Waals surface area (Å²) in [5.41, 5.74) is 3.07. The molecule has 0 unspecified atom stereocenters. The van der Waals surface area contributed by atoms with Gasteiger partial charge in [0.15, 0.2) is 5.75 Å². The van der Waals surface area contributed by atoms with Gasteiger partial charge in [-0.2, -0.15) is 20.1 Å². The highest BCUT2D eigenvalue weighted by Gasteiger charge is 2.17. The zero-order valence-electron chi connectivity index (χ0n) is 40.1. The van der Waals surface area contributed by atoms with E-state index in [9.17, 15) is 38.9 Å². The Morgan fingerprint density at radius 3 is 1.41 bits per heavy atom. The lowest BCUT2D eigenvalue weighted by molar-refractivity contribution is -0.384. The number of benzene rings is 6. The SMILES string of the molecule is COc1cc(N=Nc2ccc([N+](=O)[O-])cc2OCCOC(=O)Nc2cccc(N=C=O)c2)c(OC)cc1N=Nc1ccc(N(CCOC(=O)Nc2cccc(N=C=O)c2)CCOC(=O)Nc2cccc(N=C=O)c2)cc1. The fraction of sp³-hybridized carbons (Fsp3) is 0.160. The number of rotatable bonds is 24. The average Bonchev–Trinajstić information content (AvgIpc) is 3.41. The smallest absolute Gasteiger partial charge is 0.411 e. The Morgan fingerprint density at radius 1 is 0.513 bits per heavy atom. The van der Waals surface area contributed by atoms with E-state index in [4.69, 9.17) is 28.4 Å². The Hall–Kier alpha value is -10.9. The molecule has 0 aliphatic rings. The number of carbonyl (C=O) groups is 3. The molecule has 0 aromatic heterocycles. The fourth-order valence-corrected chi connectivity index (χ4v) is 6.52. The molecule has 0 atom stereocenters. The van der Waals surface area contributed by atoms with Crippen molar-refractivity contribution in [3.63, 3.8) is 0 Å². The van der Waals surface area contributed by atoms with Crippen LogP contribution in [0.3, 0.4) is 0 Å². The van der Waals surface area contributed by atoms with Crippen LogP contribution in [-0.2, 0) is 28.6 Å². The second-order valence-corrected chi connectivity index (χ2v) is 14.9. The number of methoxy groups -OCH3 is 2. The van der Waals surface area contributed by atoms with Crippen molar-refractivity contribution in [2.24, 2.45) is 35.4 Å². The molecule has 0 aliphatic carbocycles. The number of ether oxygens (including phenoxy) is 6. The number of anilines is 4. The lowest BCUT2D eigenvalue weighted by Crippen LogP contribution is -2.33. The van der Waals surface area contributed by atoms with Crippen LogP contribution >= 0.6 is 0 Å². The molecule has 76 heavy (non-hydrogen) atoms. The van der Waals surface area contributed by atoms with Crippen molar-refractivity contribution in [3.8, 4) is 17.2 Å². The third-order valence-corrected chi connectivity index (χ3v) is 9.95. The van der Waals surface area contributed by atoms with Gasteiger partial charge in [0, 0.05) is 40.9 Å². The van der Waals surface area contributed by atoms with E-state index in [1.807, 2.05) is 0 Å². The monoisotopic (exact) mass is 1030 g/mol. The molecule has 0 radical (unpaired) electrons. The van der Waals surface area contributed by atoms with Crippen LogP contribution in [0, 0.1) is 10.1 Å². The van der Waals surface area contributed by atoms with Gasteiger partial charge in [0.25, 0.3) is 5.69 Å². The Bertz CT molecular complexity index is 3180. The summed E-state index contributed by atoms with van der Waals surface area (Å²) in [6, 6.07) is 31.9. The zero-order valence-corrected chi connectivity index (χ0v) is 40.1. The lowest BCUT2D eigenvalue weighted by atomic mass is 10.2. The van der Waals surface area contributed by atoms with Crippen molar-refractivity contribution in [1.29, 1.82) is 0 Å². The molecule has 386 valence electrons. The van der Waals surface area contributed by atoms with E-state index < -0.39 is 23.2 Å². The second kappa shape index (κ2) is 28.2. The van der Waals surface area contributed by atoms with Crippen molar-refractivity contribution in [1.82, 2.24) is 0 Å². The zero-order chi connectivity index (χ0) is 54.1. The minimum atomic E-state index is -0.839. The second-order valence-electron chi connectivity index (χ2n) is 14.9. The number of non-ortho nitro benzene ring substituents is 1. The van der Waals surface area contributed by atoms with E-state index in [0.29, 0.717) is 28.4 Å². The predicted octanol–water partition coefficient (Wildman–Crippen LogP) is 11.3. The van der Waals surface area contributed by atoms with Crippen LogP contribution in [0.4, 0.5) is 82.6 Å². The minimum absolute atomic E-state index is 0.0440. The van der Waals surface area contributed by atoms with Crippen molar-refractivity contribution < 1.29 is 62.1 Å². The number of amides is 3. The molecule has 6 aromatic carbocycles. The van der Waals surface area contributed by atoms with Gasteiger partial charge in [-0.3, -0.25) is 26.1 Å². The first-order valence-electron chi connectivity index (χ1n) is 22.2. The summed E-state index contributed by atoms with van der Waals surface area (Å²) in [7, 11) is 2.80. The van der Waals surface area contributed by atoms with Crippen molar-refractivity contribution in [2.45, 2.75) is 0 Å². The van der Waals surface area contributed by atoms with Gasteiger partial charge in [0.2, 0.25) is 18.2 Å². The predicted molar refractivity (Wildman–Crippen MR) is 273 cm³/mol. The van der Waals surface area contributed by atoms with Gasteiger partial charge in [-0.25, -0.2) is 28.8 Å². The number of isocyanates is 3. The molecular formula is C50H42N12O14. The van der Waals surface area contributed by atoms with E-state index in [1.165, 1.54) is 81.0 Å². The van der Waals surface area contributed by atoms with Crippen LogP contribution in [0.2, 0.25) is 0 Å². The van der Waals surface area contributed by atoms with E-state index in [-0.39, 0.29) is 96.6 Å². The van der Waals surface area contributed by atoms with Crippen molar-refractivity contribution >= 4 is 105 Å². The molecule has 0 aliphatic heterocycles. The van der Waals surface area contributed by atoms with Gasteiger partial charge in [-0.05, 0) is 84.9 Å². The summed E-state index contributed by atoms with van der Waals surface area (Å²) in [4.78, 5) is 92.9. The Labute approximate surface area is 430 Å². The van der Waals surface area contributed by atoms with Crippen LogP contribution < -0.4 is 35.1 Å². The first kappa shape index (κ1) is 54.4. The molecule has 3 N–H and O–H groups in total. The molecule has 0 fully saturated rings. The number of aliphatic imine (C=N–C) groups is 3. The molecule has 3 amide bonds. The largest absolute Gasteiger partial charge is 0.494 e. The maximum atomic E-state index is 12.7. The number of hydrogen-bond acceptors (Lipinski definition) is 22. The molecule has 0 saturated heterocycles. The molecule has 6 rings (SSSR count). The standard InChI is InChI=1S/C50H42N12O14/c1-71-45-29-44(60-58-42-17-16-41(62(69)70)27-47(42)73-22-23-76-50(68)56-39-11-5-8-36(26-39)53-32-65)46(72-2)28-43(45)59-57-33-12-14-40(15-13-33)61(18-20-74-48(66)54-37-9-3-6-34(24-37)51-30-63)19-21-75-49(67)55-38-10-4-7-35(25-38)52-31-64/h3-17,24-29H,18-23H2,1-2H3,(H,54,66)(H,55,67)(H,56,68). The third-order valence-electron chi connectivity index (χ3n) is 9.95. The van der Waals surface area contributed by atoms with E-state index >= 15 is 0 Å². The summed E-state index contributed by atoms with van der Waals surface area (Å²) in [5, 5.41) is 36.5. The molecule has 0 spiro atoms. The number of nitro benzene ring substituents is 1. The molecule has 26 heteroatoms. The lowest BCUT2D eigenvalue weighted by Gasteiger charge is -2.24. The summed E-state index contributed by atoms with van der Waals surface area (Å²) in [5.74, 6) is 0.375. The van der Waals surface area contributed by atoms with Crippen molar-refractivity contribution in [3.05, 3.63) is 138 Å². The van der Waals surface area contributed by atoms with Crippen LogP contribution in [-0.4, -0.2) is 95.2 Å². The normalized spacial score (nSPS) is 10.4. The molecule has 0 bridgehead atoms. The van der Waals surface area contributed by atoms with Crippen LogP contribution in [0.25, 0.3) is 0 Å². The number of hydrogen-bond donors (Lipinski definition) is 3. The van der Waals surface area contributed by atoms with Gasteiger partial charge in [0.05, 0.1) is 61.0 Å². The summed E-state index contributed by atoms with van der Waals surface area (Å²) >= 11 is 0. The maximum Gasteiger partial charge on any atom is 0.411 e. The van der Waals surface area contributed by atoms with Gasteiger partial charge >= 0.3 is 18.3 Å². The summed E-state index contributed by atoms with van der Waals surface area (Å²) in [6.07, 6.45) is 1.91. The number of nitrogens with zero attached hydrogens (tertiary/aromatic N) is 9. The topological polar surface area (TPSA) is 327 Å². The van der Waals surface area contributed by atoms with Gasteiger partial charge < -0.3 is 33.3 Å². The number of nitro groups is 1. The quantitative estimate of drug-likeness (QED) is 0.00965. The first-order valence-corrected chi connectivity index (χ1v) is 22.2. The molecule has 6 aromatic rings. The molecule has 0 heterocycles. The Kier molecular flexibility index (Phi) is 20.2. The third kappa shape index (κ3) is 16.9. The highest BCUT2D eigenvalue weighted by molar-refractivity contribution is 5.86. The number of carbonyl (C=O) groups excluding carboxylic acids is 6. The van der Waals surface area contributed by atoms with Crippen molar-refractivity contribution in [2.75, 3.05) is 74.6 Å². The maximum absolute atomic E-state index is 12.7. The van der Waals surface area contributed by atoms with Gasteiger partial charge in [-0.1, -0.05) is 18.2 Å².